The van der Waals surface area contributed by atoms with Crippen LogP contribution in [0.2, 0.25) is 0 Å². The Hall–Kier alpha value is 0.270. The molecular weight excluding hydrogens is 192 g/mol. The molecule has 2 rings (SSSR count). The van der Waals surface area contributed by atoms with E-state index in [0.29, 0.717) is 4.75 Å². The van der Waals surface area contributed by atoms with Gasteiger partial charge in [-0.3, -0.25) is 0 Å². The van der Waals surface area contributed by atoms with Crippen LogP contribution >= 0.6 is 11.8 Å². The molecule has 14 heavy (non-hydrogen) atoms. The molecule has 1 spiro atoms. The van der Waals surface area contributed by atoms with Crippen LogP contribution in [0, 0.1) is 5.92 Å². The highest BCUT2D eigenvalue weighted by Crippen LogP contribution is 2.45. The summed E-state index contributed by atoms with van der Waals surface area (Å²) in [5, 5.41) is 0. The number of hydrogen-bond acceptors (Lipinski definition) is 3. The highest BCUT2D eigenvalue weighted by atomic mass is 32.2. The third-order valence-electron chi connectivity index (χ3n) is 3.83. The summed E-state index contributed by atoms with van der Waals surface area (Å²) >= 11 is 2.23. The molecule has 82 valence electrons. The number of nitrogens with two attached hydrogens (primary N) is 1. The Bertz CT molecular complexity index is 188. The molecule has 2 nitrogen and oxygen atoms in total. The average Bonchev–Trinajstić information content (AvgIpc) is 2.23. The second kappa shape index (κ2) is 4.42. The van der Waals surface area contributed by atoms with Crippen LogP contribution < -0.4 is 5.73 Å². The average molecular weight is 214 g/mol. The molecule has 2 aliphatic heterocycles. The van der Waals surface area contributed by atoms with Gasteiger partial charge in [0, 0.05) is 4.75 Å². The second-order valence-electron chi connectivity index (χ2n) is 4.93. The van der Waals surface area contributed by atoms with E-state index in [-0.39, 0.29) is 0 Å². The van der Waals surface area contributed by atoms with Gasteiger partial charge in [0.15, 0.2) is 0 Å². The molecule has 2 N–H and O–H groups in total. The summed E-state index contributed by atoms with van der Waals surface area (Å²) < 4.78 is 0.606. The van der Waals surface area contributed by atoms with Crippen LogP contribution in [0.1, 0.15) is 25.7 Å². The maximum absolute atomic E-state index is 5.80. The monoisotopic (exact) mass is 214 g/mol. The van der Waals surface area contributed by atoms with Crippen LogP contribution in [0.25, 0.3) is 0 Å². The van der Waals surface area contributed by atoms with Crippen LogP contribution in [-0.2, 0) is 0 Å². The summed E-state index contributed by atoms with van der Waals surface area (Å²) in [6.07, 6.45) is 5.48. The fraction of sp³-hybridized carbons (Fsp3) is 1.00. The quantitative estimate of drug-likeness (QED) is 0.718. The highest BCUT2D eigenvalue weighted by Gasteiger charge is 2.38. The van der Waals surface area contributed by atoms with Crippen LogP contribution in [0.4, 0.5) is 0 Å². The van der Waals surface area contributed by atoms with E-state index in [1.165, 1.54) is 44.5 Å². The van der Waals surface area contributed by atoms with Gasteiger partial charge in [-0.15, -0.1) is 0 Å². The zero-order valence-corrected chi connectivity index (χ0v) is 9.98. The Morgan fingerprint density at radius 3 is 2.79 bits per heavy atom. The van der Waals surface area contributed by atoms with Crippen molar-refractivity contribution in [3.05, 3.63) is 0 Å². The normalized spacial score (nSPS) is 33.4. The van der Waals surface area contributed by atoms with Gasteiger partial charge in [0.25, 0.3) is 0 Å². The van der Waals surface area contributed by atoms with Gasteiger partial charge in [-0.2, -0.15) is 11.8 Å². The fourth-order valence-corrected chi connectivity index (χ4v) is 4.41. The third-order valence-corrected chi connectivity index (χ3v) is 5.45. The van der Waals surface area contributed by atoms with Crippen molar-refractivity contribution in [1.29, 1.82) is 0 Å². The zero-order valence-electron chi connectivity index (χ0n) is 9.17. The Balaban J connectivity index is 1.94. The second-order valence-corrected chi connectivity index (χ2v) is 6.49. The van der Waals surface area contributed by atoms with Crippen molar-refractivity contribution in [1.82, 2.24) is 4.90 Å². The van der Waals surface area contributed by atoms with E-state index in [4.69, 9.17) is 5.73 Å². The lowest BCUT2D eigenvalue weighted by molar-refractivity contribution is 0.212. The summed E-state index contributed by atoms with van der Waals surface area (Å²) in [7, 11) is 2.24. The molecule has 2 aliphatic rings. The van der Waals surface area contributed by atoms with Gasteiger partial charge in [0.1, 0.15) is 0 Å². The molecule has 1 unspecified atom stereocenters. The van der Waals surface area contributed by atoms with E-state index in [1.807, 2.05) is 0 Å². The molecule has 0 aromatic heterocycles. The minimum absolute atomic E-state index is 0.606. The van der Waals surface area contributed by atoms with E-state index in [1.54, 1.807) is 0 Å². The first-order chi connectivity index (χ1) is 6.74. The van der Waals surface area contributed by atoms with Gasteiger partial charge in [0.05, 0.1) is 0 Å². The lowest BCUT2D eigenvalue weighted by Crippen LogP contribution is -2.44. The zero-order chi connectivity index (χ0) is 10.0. The van der Waals surface area contributed by atoms with Crippen molar-refractivity contribution >= 4 is 11.8 Å². The molecule has 0 radical (unpaired) electrons. The summed E-state index contributed by atoms with van der Waals surface area (Å²) in [6, 6.07) is 0. The lowest BCUT2D eigenvalue weighted by Gasteiger charge is -2.45. The first-order valence-corrected chi connectivity index (χ1v) is 6.75. The molecule has 2 fully saturated rings. The Labute approximate surface area is 91.6 Å². The molecule has 2 heterocycles. The van der Waals surface area contributed by atoms with Crippen LogP contribution in [0.5, 0.6) is 0 Å². The molecule has 3 heteroatoms. The fourth-order valence-electron chi connectivity index (χ4n) is 2.70. The molecule has 0 amide bonds. The van der Waals surface area contributed by atoms with E-state index in [9.17, 15) is 0 Å². The van der Waals surface area contributed by atoms with Gasteiger partial charge < -0.3 is 10.6 Å². The predicted molar refractivity (Wildman–Crippen MR) is 63.7 cm³/mol. The Morgan fingerprint density at radius 2 is 2.14 bits per heavy atom. The molecule has 0 aromatic carbocycles. The summed E-state index contributed by atoms with van der Waals surface area (Å²) in [5.41, 5.74) is 5.80. The van der Waals surface area contributed by atoms with Crippen LogP contribution in [0.15, 0.2) is 0 Å². The lowest BCUT2D eigenvalue weighted by atomic mass is 9.84. The molecule has 2 saturated heterocycles. The van der Waals surface area contributed by atoms with Crippen molar-refractivity contribution < 1.29 is 0 Å². The Morgan fingerprint density at radius 1 is 1.43 bits per heavy atom. The molecular formula is C11H22N2S. The summed E-state index contributed by atoms with van der Waals surface area (Å²) in [4.78, 5) is 2.46. The number of rotatable bonds is 1. The van der Waals surface area contributed by atoms with E-state index in [2.05, 4.69) is 23.7 Å². The van der Waals surface area contributed by atoms with Crippen molar-refractivity contribution in [3.8, 4) is 0 Å². The number of nitrogens with zero attached hydrogens (tertiary/aromatic N) is 1. The van der Waals surface area contributed by atoms with E-state index in [0.717, 1.165) is 12.5 Å². The molecule has 1 atom stereocenters. The van der Waals surface area contributed by atoms with Crippen molar-refractivity contribution in [2.75, 3.05) is 32.4 Å². The van der Waals surface area contributed by atoms with Gasteiger partial charge in [-0.25, -0.2) is 0 Å². The summed E-state index contributed by atoms with van der Waals surface area (Å²) in [6.45, 7) is 3.47. The van der Waals surface area contributed by atoms with E-state index < -0.39 is 0 Å². The smallest absolute Gasteiger partial charge is 0.0187 e. The molecule has 0 aromatic rings. The minimum atomic E-state index is 0.606. The predicted octanol–water partition coefficient (Wildman–Crippen LogP) is 1.55. The number of hydrogen-bond donors (Lipinski definition) is 1. The molecule has 0 aliphatic carbocycles. The topological polar surface area (TPSA) is 29.3 Å². The molecule has 0 bridgehead atoms. The molecule has 0 saturated carbocycles. The van der Waals surface area contributed by atoms with Crippen LogP contribution in [-0.4, -0.2) is 42.1 Å². The van der Waals surface area contributed by atoms with Gasteiger partial charge in [0.2, 0.25) is 0 Å². The van der Waals surface area contributed by atoms with Gasteiger partial charge in [-0.1, -0.05) is 0 Å². The largest absolute Gasteiger partial charge is 0.330 e. The maximum atomic E-state index is 5.80. The van der Waals surface area contributed by atoms with E-state index >= 15 is 0 Å². The first-order valence-electron chi connectivity index (χ1n) is 5.77. The highest BCUT2D eigenvalue weighted by molar-refractivity contribution is 8.00. The van der Waals surface area contributed by atoms with Crippen molar-refractivity contribution in [2.45, 2.75) is 30.4 Å². The standard InChI is InChI=1S/C11H22N2S/c1-13-5-3-11(4-6-13)8-10(9-12)2-7-14-11/h10H,2-9,12H2,1H3. The first kappa shape index (κ1) is 10.8. The number of likely N-dealkylation sites (tertiary alicyclic amines) is 1. The Kier molecular flexibility index (Phi) is 3.40. The minimum Gasteiger partial charge on any atom is -0.330 e. The third kappa shape index (κ3) is 2.26. The van der Waals surface area contributed by atoms with Gasteiger partial charge >= 0.3 is 0 Å². The SMILES string of the molecule is CN1CCC2(CC1)CC(CN)CCS2. The van der Waals surface area contributed by atoms with Crippen LogP contribution in [0.3, 0.4) is 0 Å². The van der Waals surface area contributed by atoms with Crippen molar-refractivity contribution in [3.63, 3.8) is 0 Å². The van der Waals surface area contributed by atoms with Gasteiger partial charge in [-0.05, 0) is 64.0 Å². The number of thioether (sulfide) groups is 1. The maximum Gasteiger partial charge on any atom is 0.0187 e. The number of piperidine rings is 1. The summed E-state index contributed by atoms with van der Waals surface area (Å²) in [5.74, 6) is 2.14. The van der Waals surface area contributed by atoms with Crippen molar-refractivity contribution in [2.24, 2.45) is 11.7 Å².